The topological polar surface area (TPSA) is 55.4 Å². The molecule has 4 nitrogen and oxygen atoms in total. The van der Waals surface area contributed by atoms with Gasteiger partial charge in [0.1, 0.15) is 0 Å². The van der Waals surface area contributed by atoms with Crippen molar-refractivity contribution in [3.63, 3.8) is 0 Å². The molecule has 0 spiro atoms. The summed E-state index contributed by atoms with van der Waals surface area (Å²) in [5, 5.41) is 5.28. The van der Waals surface area contributed by atoms with Gasteiger partial charge in [-0.2, -0.15) is 0 Å². The molecule has 1 unspecified atom stereocenters. The maximum atomic E-state index is 12.8. The second kappa shape index (κ2) is 6.93. The second-order valence-corrected chi connectivity index (χ2v) is 7.75. The Balaban J connectivity index is 2.02. The number of hydrogen-bond donors (Lipinski definition) is 1. The number of carbonyl (C=O) groups is 2. The molecule has 0 saturated heterocycles. The fraction of sp³-hybridized carbons (Fsp3) is 0.474. The van der Waals surface area contributed by atoms with Crippen LogP contribution in [0.15, 0.2) is 40.1 Å². The quantitative estimate of drug-likeness (QED) is 0.841. The number of dihydropyridines is 1. The fourth-order valence-electron chi connectivity index (χ4n) is 3.31. The molecule has 2 aliphatic rings. The van der Waals surface area contributed by atoms with Crippen molar-refractivity contribution in [1.29, 1.82) is 0 Å². The van der Waals surface area contributed by atoms with Crippen molar-refractivity contribution in [3.05, 3.63) is 44.9 Å². The van der Waals surface area contributed by atoms with Crippen LogP contribution in [0.25, 0.3) is 0 Å². The minimum Gasteiger partial charge on any atom is -0.462 e. The minimum absolute atomic E-state index is 0.142. The van der Waals surface area contributed by atoms with Gasteiger partial charge in [-0.1, -0.05) is 19.9 Å². The molecule has 0 fully saturated rings. The Morgan fingerprint density at radius 1 is 1.42 bits per heavy atom. The Bertz CT molecular complexity index is 713. The van der Waals surface area contributed by atoms with Crippen molar-refractivity contribution in [3.8, 4) is 0 Å². The lowest BCUT2D eigenvalue weighted by Crippen LogP contribution is -2.34. The van der Waals surface area contributed by atoms with Gasteiger partial charge in [0, 0.05) is 28.3 Å². The summed E-state index contributed by atoms with van der Waals surface area (Å²) in [6, 6.07) is 3.96. The number of ether oxygens (including phenoxy) is 1. The zero-order chi connectivity index (χ0) is 17.3. The van der Waals surface area contributed by atoms with Gasteiger partial charge in [0.25, 0.3) is 0 Å². The van der Waals surface area contributed by atoms with Crippen molar-refractivity contribution in [2.75, 3.05) is 6.61 Å². The summed E-state index contributed by atoms with van der Waals surface area (Å²) >= 11 is 1.58. The van der Waals surface area contributed by atoms with E-state index in [0.29, 0.717) is 18.6 Å². The molecule has 5 heteroatoms. The van der Waals surface area contributed by atoms with E-state index in [1.54, 1.807) is 11.3 Å². The molecule has 1 aromatic rings. The summed E-state index contributed by atoms with van der Waals surface area (Å²) in [6.45, 7) is 6.30. The van der Waals surface area contributed by atoms with Crippen molar-refractivity contribution in [1.82, 2.24) is 5.32 Å². The molecule has 0 saturated carbocycles. The van der Waals surface area contributed by atoms with Crippen LogP contribution in [-0.2, 0) is 14.3 Å². The molecule has 1 N–H and O–H groups in total. The number of Topliss-reactive ketones (excluding diaryl/α,β-unsaturated/α-hetero) is 1. The Hall–Kier alpha value is -1.88. The third kappa shape index (κ3) is 3.18. The van der Waals surface area contributed by atoms with Crippen LogP contribution in [0.4, 0.5) is 0 Å². The summed E-state index contributed by atoms with van der Waals surface area (Å²) in [6.07, 6.45) is 2.27. The van der Waals surface area contributed by atoms with E-state index in [4.69, 9.17) is 4.74 Å². The van der Waals surface area contributed by atoms with Crippen LogP contribution in [0.3, 0.4) is 0 Å². The van der Waals surface area contributed by atoms with Gasteiger partial charge in [0.05, 0.1) is 18.1 Å². The molecule has 0 aromatic carbocycles. The highest BCUT2D eigenvalue weighted by Crippen LogP contribution is 2.43. The number of nitrogens with one attached hydrogen (secondary N) is 1. The molecule has 1 aromatic heterocycles. The first-order valence-corrected chi connectivity index (χ1v) is 9.31. The van der Waals surface area contributed by atoms with Gasteiger partial charge in [0.15, 0.2) is 5.78 Å². The molecule has 2 heterocycles. The van der Waals surface area contributed by atoms with Gasteiger partial charge in [-0.25, -0.2) is 4.79 Å². The number of thiophene rings is 1. The van der Waals surface area contributed by atoms with Gasteiger partial charge in [-0.15, -0.1) is 11.3 Å². The molecule has 1 aliphatic heterocycles. The van der Waals surface area contributed by atoms with E-state index in [2.05, 4.69) is 5.32 Å². The van der Waals surface area contributed by atoms with Crippen LogP contribution in [0.2, 0.25) is 0 Å². The first-order chi connectivity index (χ1) is 11.5. The predicted octanol–water partition coefficient (Wildman–Crippen LogP) is 3.92. The highest BCUT2D eigenvalue weighted by atomic mass is 32.1. The van der Waals surface area contributed by atoms with Crippen molar-refractivity contribution >= 4 is 23.1 Å². The molecule has 0 radical (unpaired) electrons. The summed E-state index contributed by atoms with van der Waals surface area (Å²) in [5.41, 5.74) is 3.11. The number of hydrogen-bond acceptors (Lipinski definition) is 5. The SMILES string of the molecule is CC1=C(C(=O)OCC(C)C)C(c2cccs2)C2=C(CCCC2=O)N1. The third-order valence-electron chi connectivity index (χ3n) is 4.37. The summed E-state index contributed by atoms with van der Waals surface area (Å²) in [4.78, 5) is 26.4. The van der Waals surface area contributed by atoms with Crippen LogP contribution in [-0.4, -0.2) is 18.4 Å². The molecular formula is C19H23NO3S. The lowest BCUT2D eigenvalue weighted by atomic mass is 9.78. The second-order valence-electron chi connectivity index (χ2n) is 6.77. The molecule has 3 rings (SSSR count). The van der Waals surface area contributed by atoms with E-state index >= 15 is 0 Å². The zero-order valence-electron chi connectivity index (χ0n) is 14.3. The fourth-order valence-corrected chi connectivity index (χ4v) is 4.16. The average Bonchev–Trinajstić information content (AvgIpc) is 3.05. The number of allylic oxidation sites excluding steroid dienone is 3. The Morgan fingerprint density at radius 2 is 2.21 bits per heavy atom. The van der Waals surface area contributed by atoms with Gasteiger partial charge in [0.2, 0.25) is 0 Å². The Kier molecular flexibility index (Phi) is 4.90. The maximum Gasteiger partial charge on any atom is 0.336 e. The Morgan fingerprint density at radius 3 is 2.88 bits per heavy atom. The molecule has 1 aliphatic carbocycles. The van der Waals surface area contributed by atoms with Crippen molar-refractivity contribution in [2.45, 2.75) is 46.0 Å². The summed E-state index contributed by atoms with van der Waals surface area (Å²) < 4.78 is 5.49. The Labute approximate surface area is 146 Å². The molecule has 0 bridgehead atoms. The molecule has 128 valence electrons. The van der Waals surface area contributed by atoms with E-state index in [-0.39, 0.29) is 23.6 Å². The highest BCUT2D eigenvalue weighted by molar-refractivity contribution is 7.10. The molecule has 1 atom stereocenters. The summed E-state index contributed by atoms with van der Waals surface area (Å²) in [5.74, 6) is -0.202. The smallest absolute Gasteiger partial charge is 0.336 e. The maximum absolute atomic E-state index is 12.8. The van der Waals surface area contributed by atoms with Crippen molar-refractivity contribution in [2.24, 2.45) is 5.92 Å². The highest BCUT2D eigenvalue weighted by Gasteiger charge is 2.39. The van der Waals surface area contributed by atoms with E-state index in [1.807, 2.05) is 38.3 Å². The lowest BCUT2D eigenvalue weighted by Gasteiger charge is -2.33. The van der Waals surface area contributed by atoms with Crippen LogP contribution >= 0.6 is 11.3 Å². The first-order valence-electron chi connectivity index (χ1n) is 8.43. The number of esters is 1. The standard InChI is InChI=1S/C19H23NO3S/c1-11(2)10-23-19(22)16-12(3)20-13-6-4-7-14(21)17(13)18(16)15-8-5-9-24-15/h5,8-9,11,18,20H,4,6-7,10H2,1-3H3. The van der Waals surface area contributed by atoms with Crippen molar-refractivity contribution < 1.29 is 14.3 Å². The lowest BCUT2D eigenvalue weighted by molar-refractivity contribution is -0.140. The molecule has 24 heavy (non-hydrogen) atoms. The van der Waals surface area contributed by atoms with Crippen LogP contribution in [0, 0.1) is 5.92 Å². The van der Waals surface area contributed by atoms with Gasteiger partial charge in [-0.3, -0.25) is 4.79 Å². The average molecular weight is 345 g/mol. The normalized spacial score (nSPS) is 21.0. The van der Waals surface area contributed by atoms with E-state index in [1.165, 1.54) is 0 Å². The zero-order valence-corrected chi connectivity index (χ0v) is 15.2. The summed E-state index contributed by atoms with van der Waals surface area (Å²) in [7, 11) is 0. The largest absolute Gasteiger partial charge is 0.462 e. The van der Waals surface area contributed by atoms with E-state index in [9.17, 15) is 9.59 Å². The predicted molar refractivity (Wildman–Crippen MR) is 94.6 cm³/mol. The molecule has 0 amide bonds. The van der Waals surface area contributed by atoms with Crippen LogP contribution in [0.5, 0.6) is 0 Å². The van der Waals surface area contributed by atoms with Crippen LogP contribution < -0.4 is 5.32 Å². The number of ketones is 1. The van der Waals surface area contributed by atoms with E-state index in [0.717, 1.165) is 34.7 Å². The van der Waals surface area contributed by atoms with Gasteiger partial charge in [-0.05, 0) is 37.1 Å². The number of rotatable bonds is 4. The van der Waals surface area contributed by atoms with Crippen LogP contribution in [0.1, 0.15) is 50.8 Å². The van der Waals surface area contributed by atoms with Gasteiger partial charge < -0.3 is 10.1 Å². The minimum atomic E-state index is -0.322. The third-order valence-corrected chi connectivity index (χ3v) is 5.31. The monoisotopic (exact) mass is 345 g/mol. The first kappa shape index (κ1) is 17.0. The van der Waals surface area contributed by atoms with Gasteiger partial charge >= 0.3 is 5.97 Å². The molecular weight excluding hydrogens is 322 g/mol. The number of carbonyl (C=O) groups excluding carboxylic acids is 2. The van der Waals surface area contributed by atoms with E-state index < -0.39 is 0 Å².